The summed E-state index contributed by atoms with van der Waals surface area (Å²) >= 11 is 0. The molecule has 0 saturated carbocycles. The molecule has 310 valence electrons. The minimum atomic E-state index is -0.756. The molecule has 0 saturated heterocycles. The van der Waals surface area contributed by atoms with Crippen LogP contribution in [0.15, 0.2) is 76.8 Å². The fraction of sp³-hybridized carbons (Fsp3) is 0.512. The fourth-order valence-corrected chi connectivity index (χ4v) is 5.69. The van der Waals surface area contributed by atoms with Gasteiger partial charge in [-0.3, -0.25) is 40.1 Å². The summed E-state index contributed by atoms with van der Waals surface area (Å²) in [5, 5.41) is 12.2. The second-order valence-corrected chi connectivity index (χ2v) is 16.1. The van der Waals surface area contributed by atoms with Crippen molar-refractivity contribution in [3.8, 4) is 0 Å². The van der Waals surface area contributed by atoms with Gasteiger partial charge in [0.15, 0.2) is 0 Å². The van der Waals surface area contributed by atoms with Crippen LogP contribution in [0.2, 0.25) is 0 Å². The topological polar surface area (TPSA) is 176 Å². The number of hydrogen-bond donors (Lipinski definition) is 4. The van der Waals surface area contributed by atoms with Crippen LogP contribution in [0.25, 0.3) is 10.9 Å². The molecule has 0 fully saturated rings. The van der Waals surface area contributed by atoms with E-state index in [1.165, 1.54) is 0 Å². The number of carbonyl (C=O) groups is 4. The molecule has 0 radical (unpaired) electrons. The van der Waals surface area contributed by atoms with E-state index in [-0.39, 0.29) is 17.7 Å². The SMILES string of the molecule is CC(=NCCN(CCCC(C)C(=O)NC(CCc1ccccc1)C(=O)Nc1cnc2ccccc2c1)CCN=C(C)NC(=O)OC(C)(C)C)NC(=O)OC(C)(C)C. The highest BCUT2D eigenvalue weighted by molar-refractivity contribution is 5.98. The molecule has 2 aromatic carbocycles. The van der Waals surface area contributed by atoms with Gasteiger partial charge < -0.3 is 20.1 Å². The molecule has 3 aromatic rings. The van der Waals surface area contributed by atoms with Crippen LogP contribution in [0.1, 0.15) is 87.1 Å². The lowest BCUT2D eigenvalue weighted by Crippen LogP contribution is -2.46. The monoisotopic (exact) mass is 786 g/mol. The van der Waals surface area contributed by atoms with E-state index >= 15 is 0 Å². The average Bonchev–Trinajstić information content (AvgIpc) is 3.11. The summed E-state index contributed by atoms with van der Waals surface area (Å²) in [6, 6.07) is 18.7. The van der Waals surface area contributed by atoms with Gasteiger partial charge in [0.2, 0.25) is 11.8 Å². The molecule has 0 aliphatic rings. The third kappa shape index (κ3) is 18.9. The molecule has 4 amide bonds. The predicted molar refractivity (Wildman–Crippen MR) is 227 cm³/mol. The molecular weight excluding hydrogens is 725 g/mol. The average molecular weight is 787 g/mol. The number of nitrogens with zero attached hydrogens (tertiary/aromatic N) is 4. The Kier molecular flexibility index (Phi) is 18.1. The van der Waals surface area contributed by atoms with Crippen molar-refractivity contribution in [1.29, 1.82) is 0 Å². The molecule has 0 spiro atoms. The second kappa shape index (κ2) is 22.4. The first-order valence-electron chi connectivity index (χ1n) is 19.6. The molecule has 0 aliphatic carbocycles. The Balaban J connectivity index is 1.62. The zero-order chi connectivity index (χ0) is 42.0. The number of amidine groups is 2. The maximum absolute atomic E-state index is 13.6. The van der Waals surface area contributed by atoms with E-state index in [1.54, 1.807) is 61.6 Å². The van der Waals surface area contributed by atoms with E-state index in [0.29, 0.717) is 75.8 Å². The van der Waals surface area contributed by atoms with Crippen LogP contribution in [0, 0.1) is 5.92 Å². The Morgan fingerprint density at radius 2 is 1.32 bits per heavy atom. The summed E-state index contributed by atoms with van der Waals surface area (Å²) in [6.45, 7) is 18.6. The molecule has 0 aliphatic heterocycles. The van der Waals surface area contributed by atoms with E-state index in [2.05, 4.69) is 41.1 Å². The summed E-state index contributed by atoms with van der Waals surface area (Å²) in [4.78, 5) is 67.2. The number of hydrogen-bond acceptors (Lipinski definition) is 10. The minimum absolute atomic E-state index is 0.201. The Bertz CT molecular complexity index is 1780. The lowest BCUT2D eigenvalue weighted by Gasteiger charge is -2.23. The standard InChI is InChI=1S/C43H62N8O6/c1-30(38(52)50-37(22-21-33-17-11-10-12-18-33)39(53)49-35-28-34-19-13-14-20-36(34)46-29-35)16-15-25-51(26-23-44-31(2)47-40(54)56-42(4,5)6)27-24-45-32(3)48-41(55)57-43(7,8)9/h10-14,17-20,28-30,37H,15-16,21-27H2,1-9H3,(H,49,53)(H,50,52)(H,44,47,54)(H,45,48,55). The maximum Gasteiger partial charge on any atom is 0.413 e. The highest BCUT2D eigenvalue weighted by Gasteiger charge is 2.24. The summed E-state index contributed by atoms with van der Waals surface area (Å²) in [5.74, 6) is 0.00939. The first kappa shape index (κ1) is 46.0. The maximum atomic E-state index is 13.6. The first-order valence-corrected chi connectivity index (χ1v) is 19.6. The molecule has 3 rings (SSSR count). The largest absolute Gasteiger partial charge is 0.444 e. The normalized spacial score (nSPS) is 13.4. The number of pyridine rings is 1. The molecular formula is C43H62N8O6. The van der Waals surface area contributed by atoms with Gasteiger partial charge in [0.1, 0.15) is 28.9 Å². The minimum Gasteiger partial charge on any atom is -0.444 e. The fourth-order valence-electron chi connectivity index (χ4n) is 5.69. The number of carbonyl (C=O) groups excluding carboxylic acids is 4. The zero-order valence-electron chi connectivity index (χ0n) is 35.1. The van der Waals surface area contributed by atoms with Crippen LogP contribution >= 0.6 is 0 Å². The van der Waals surface area contributed by atoms with Crippen LogP contribution in [0.4, 0.5) is 15.3 Å². The molecule has 14 heteroatoms. The number of alkyl carbamates (subject to hydrolysis) is 2. The van der Waals surface area contributed by atoms with Crippen molar-refractivity contribution in [1.82, 2.24) is 25.8 Å². The van der Waals surface area contributed by atoms with Crippen LogP contribution in [-0.4, -0.2) is 95.5 Å². The van der Waals surface area contributed by atoms with E-state index < -0.39 is 29.4 Å². The van der Waals surface area contributed by atoms with Gasteiger partial charge in [0, 0.05) is 24.4 Å². The Morgan fingerprint density at radius 1 is 0.754 bits per heavy atom. The van der Waals surface area contributed by atoms with Gasteiger partial charge in [0.25, 0.3) is 0 Å². The number of aliphatic imine (C=N–C) groups is 2. The number of rotatable bonds is 17. The number of aromatic nitrogens is 1. The van der Waals surface area contributed by atoms with Crippen molar-refractivity contribution in [2.75, 3.05) is 38.0 Å². The van der Waals surface area contributed by atoms with Crippen molar-refractivity contribution >= 4 is 52.3 Å². The lowest BCUT2D eigenvalue weighted by atomic mass is 10.0. The molecule has 1 aromatic heterocycles. The number of anilines is 1. The van der Waals surface area contributed by atoms with Crippen LogP contribution in [0.3, 0.4) is 0 Å². The lowest BCUT2D eigenvalue weighted by molar-refractivity contribution is -0.129. The van der Waals surface area contributed by atoms with Gasteiger partial charge in [-0.2, -0.15) is 0 Å². The molecule has 2 atom stereocenters. The number of para-hydroxylation sites is 1. The molecule has 2 unspecified atom stereocenters. The molecule has 14 nitrogen and oxygen atoms in total. The molecule has 57 heavy (non-hydrogen) atoms. The molecule has 1 heterocycles. The quantitative estimate of drug-likeness (QED) is 0.0845. The highest BCUT2D eigenvalue weighted by Crippen LogP contribution is 2.18. The van der Waals surface area contributed by atoms with E-state index in [9.17, 15) is 19.2 Å². The number of amides is 4. The van der Waals surface area contributed by atoms with Crippen LogP contribution in [0.5, 0.6) is 0 Å². The number of ether oxygens (including phenoxy) is 2. The van der Waals surface area contributed by atoms with Gasteiger partial charge in [-0.15, -0.1) is 0 Å². The van der Waals surface area contributed by atoms with E-state index in [1.807, 2.05) is 67.6 Å². The summed E-state index contributed by atoms with van der Waals surface area (Å²) in [6.07, 6.45) is 2.79. The number of benzene rings is 2. The second-order valence-electron chi connectivity index (χ2n) is 16.1. The summed E-state index contributed by atoms with van der Waals surface area (Å²) in [5.41, 5.74) is 1.21. The smallest absolute Gasteiger partial charge is 0.413 e. The highest BCUT2D eigenvalue weighted by atomic mass is 16.6. The zero-order valence-corrected chi connectivity index (χ0v) is 35.1. The molecule has 0 bridgehead atoms. The van der Waals surface area contributed by atoms with Gasteiger partial charge >= 0.3 is 12.2 Å². The van der Waals surface area contributed by atoms with Crippen LogP contribution < -0.4 is 21.3 Å². The Hall–Kier alpha value is -5.37. The third-order valence-corrected chi connectivity index (χ3v) is 8.51. The number of nitrogens with one attached hydrogen (secondary N) is 4. The Labute approximate surface area is 337 Å². The first-order chi connectivity index (χ1) is 26.9. The number of aryl methyl sites for hydroxylation is 1. The van der Waals surface area contributed by atoms with Gasteiger partial charge in [-0.05, 0) is 105 Å². The van der Waals surface area contributed by atoms with Crippen LogP contribution in [-0.2, 0) is 25.5 Å². The van der Waals surface area contributed by atoms with Crippen molar-refractivity contribution in [2.45, 2.75) is 105 Å². The van der Waals surface area contributed by atoms with Crippen molar-refractivity contribution in [3.05, 3.63) is 72.4 Å². The van der Waals surface area contributed by atoms with Crippen molar-refractivity contribution in [2.24, 2.45) is 15.9 Å². The summed E-state index contributed by atoms with van der Waals surface area (Å²) < 4.78 is 10.6. The van der Waals surface area contributed by atoms with E-state index in [0.717, 1.165) is 16.5 Å². The van der Waals surface area contributed by atoms with Crippen molar-refractivity contribution in [3.63, 3.8) is 0 Å². The van der Waals surface area contributed by atoms with Gasteiger partial charge in [-0.1, -0.05) is 55.5 Å². The molecule has 4 N–H and O–H groups in total. The third-order valence-electron chi connectivity index (χ3n) is 8.51. The van der Waals surface area contributed by atoms with Gasteiger partial charge in [0.05, 0.1) is 30.5 Å². The predicted octanol–water partition coefficient (Wildman–Crippen LogP) is 6.90. The summed E-state index contributed by atoms with van der Waals surface area (Å²) in [7, 11) is 0. The van der Waals surface area contributed by atoms with Crippen molar-refractivity contribution < 1.29 is 28.7 Å². The Morgan fingerprint density at radius 3 is 1.89 bits per heavy atom. The number of fused-ring (bicyclic) bond motifs is 1. The van der Waals surface area contributed by atoms with E-state index in [4.69, 9.17) is 9.47 Å². The van der Waals surface area contributed by atoms with Gasteiger partial charge in [-0.25, -0.2) is 9.59 Å².